The molecule has 1 atom stereocenters. The van der Waals surface area contributed by atoms with Gasteiger partial charge in [-0.3, -0.25) is 9.78 Å². The maximum Gasteiger partial charge on any atom is 0.276 e. The number of carbonyl (C=O) groups is 1. The quantitative estimate of drug-likeness (QED) is 0.704. The van der Waals surface area contributed by atoms with E-state index in [1.54, 1.807) is 19.3 Å². The zero-order valence-corrected chi connectivity index (χ0v) is 15.0. The van der Waals surface area contributed by atoms with Gasteiger partial charge in [0.05, 0.1) is 11.9 Å². The Balaban J connectivity index is 1.49. The van der Waals surface area contributed by atoms with Crippen molar-refractivity contribution in [3.63, 3.8) is 0 Å². The molecule has 0 bridgehead atoms. The number of hydrogen-bond donors (Lipinski definition) is 0. The van der Waals surface area contributed by atoms with Gasteiger partial charge in [0.25, 0.3) is 5.91 Å². The Morgan fingerprint density at radius 1 is 1.26 bits per heavy atom. The third kappa shape index (κ3) is 3.81. The third-order valence-corrected chi connectivity index (χ3v) is 4.67. The van der Waals surface area contributed by atoms with Crippen molar-refractivity contribution in [2.24, 2.45) is 0 Å². The molecule has 1 saturated heterocycles. The van der Waals surface area contributed by atoms with Crippen LogP contribution in [-0.4, -0.2) is 38.8 Å². The summed E-state index contributed by atoms with van der Waals surface area (Å²) in [6.07, 6.45) is 6.50. The van der Waals surface area contributed by atoms with Crippen LogP contribution in [0.2, 0.25) is 0 Å². The second kappa shape index (κ2) is 7.57. The molecule has 0 saturated carbocycles. The topological polar surface area (TPSA) is 81.4 Å². The maximum atomic E-state index is 12.7. The molecule has 1 aromatic carbocycles. The summed E-state index contributed by atoms with van der Waals surface area (Å²) < 4.78 is 10.9. The van der Waals surface area contributed by atoms with Gasteiger partial charge in [0, 0.05) is 25.2 Å². The van der Waals surface area contributed by atoms with Crippen LogP contribution in [0.1, 0.15) is 40.7 Å². The Morgan fingerprint density at radius 3 is 2.89 bits per heavy atom. The van der Waals surface area contributed by atoms with Crippen molar-refractivity contribution < 1.29 is 13.9 Å². The molecular weight excluding hydrogens is 344 g/mol. The van der Waals surface area contributed by atoms with E-state index >= 15 is 0 Å². The van der Waals surface area contributed by atoms with Crippen LogP contribution in [0.4, 0.5) is 0 Å². The zero-order chi connectivity index (χ0) is 18.6. The number of hydrogen-bond acceptors (Lipinski definition) is 6. The molecule has 1 aliphatic heterocycles. The first kappa shape index (κ1) is 17.2. The molecule has 7 nitrogen and oxygen atoms in total. The summed E-state index contributed by atoms with van der Waals surface area (Å²) in [5.74, 6) is 1.72. The first-order valence-electron chi connectivity index (χ1n) is 8.95. The number of aromatic nitrogens is 3. The van der Waals surface area contributed by atoms with Crippen LogP contribution < -0.4 is 4.74 Å². The molecule has 1 amide bonds. The van der Waals surface area contributed by atoms with E-state index in [9.17, 15) is 4.79 Å². The van der Waals surface area contributed by atoms with Gasteiger partial charge in [-0.2, -0.15) is 0 Å². The number of para-hydroxylation sites is 1. The van der Waals surface area contributed by atoms with Crippen molar-refractivity contribution in [3.8, 4) is 11.6 Å². The molecule has 0 spiro atoms. The van der Waals surface area contributed by atoms with E-state index < -0.39 is 0 Å². The van der Waals surface area contributed by atoms with Gasteiger partial charge in [-0.25, -0.2) is 9.97 Å². The number of oxazole rings is 1. The van der Waals surface area contributed by atoms with Gasteiger partial charge >= 0.3 is 0 Å². The second-order valence-corrected chi connectivity index (χ2v) is 6.54. The Kier molecular flexibility index (Phi) is 4.82. The molecule has 27 heavy (non-hydrogen) atoms. The average Bonchev–Trinajstić information content (AvgIpc) is 3.14. The first-order chi connectivity index (χ1) is 13.2. The Hall–Kier alpha value is -3.22. The van der Waals surface area contributed by atoms with Crippen LogP contribution in [0.15, 0.2) is 53.5 Å². The molecular formula is C20H20N4O3. The fourth-order valence-corrected chi connectivity index (χ4v) is 3.28. The molecule has 3 aromatic rings. The lowest BCUT2D eigenvalue weighted by molar-refractivity contribution is 0.0698. The number of ether oxygens (including phenoxy) is 1. The lowest BCUT2D eigenvalue weighted by Crippen LogP contribution is -2.39. The van der Waals surface area contributed by atoms with Gasteiger partial charge in [0.2, 0.25) is 5.88 Å². The second-order valence-electron chi connectivity index (χ2n) is 6.54. The molecule has 138 valence electrons. The van der Waals surface area contributed by atoms with Crippen LogP contribution >= 0.6 is 0 Å². The molecule has 0 N–H and O–H groups in total. The summed E-state index contributed by atoms with van der Waals surface area (Å²) in [4.78, 5) is 27.4. The van der Waals surface area contributed by atoms with E-state index in [1.165, 1.54) is 6.39 Å². The van der Waals surface area contributed by atoms with Crippen LogP contribution in [0, 0.1) is 6.92 Å². The number of piperidine rings is 1. The van der Waals surface area contributed by atoms with Crippen molar-refractivity contribution in [2.75, 3.05) is 13.1 Å². The minimum atomic E-state index is -0.101. The normalized spacial score (nSPS) is 16.9. The predicted octanol–water partition coefficient (Wildman–Crippen LogP) is 3.59. The van der Waals surface area contributed by atoms with E-state index in [1.807, 2.05) is 35.2 Å². The summed E-state index contributed by atoms with van der Waals surface area (Å²) in [5.41, 5.74) is 1.21. The lowest BCUT2D eigenvalue weighted by atomic mass is 9.95. The number of likely N-dealkylation sites (tertiary alicyclic amines) is 1. The van der Waals surface area contributed by atoms with Gasteiger partial charge in [-0.1, -0.05) is 18.2 Å². The summed E-state index contributed by atoms with van der Waals surface area (Å²) >= 11 is 0. The average molecular weight is 364 g/mol. The van der Waals surface area contributed by atoms with E-state index in [0.717, 1.165) is 18.5 Å². The summed E-state index contributed by atoms with van der Waals surface area (Å²) in [6, 6.07) is 9.48. The Morgan fingerprint density at radius 2 is 2.11 bits per heavy atom. The number of nitrogens with zero attached hydrogens (tertiary/aromatic N) is 4. The standard InChI is InChI=1S/C20H20N4O3/c1-14-19(22-13-26-14)20(25)24-9-5-6-15(12-24)17-10-21-11-18(23-17)27-16-7-3-2-4-8-16/h2-4,7-8,10-11,13,15H,5-6,9,12H2,1H3. The summed E-state index contributed by atoms with van der Waals surface area (Å²) in [6.45, 7) is 3.03. The number of carbonyl (C=O) groups excluding carboxylic acids is 1. The molecule has 7 heteroatoms. The van der Waals surface area contributed by atoms with Gasteiger partial charge in [0.1, 0.15) is 11.5 Å². The highest BCUT2D eigenvalue weighted by Crippen LogP contribution is 2.28. The van der Waals surface area contributed by atoms with Crippen molar-refractivity contribution >= 4 is 5.91 Å². The maximum absolute atomic E-state index is 12.7. The number of benzene rings is 1. The van der Waals surface area contributed by atoms with E-state index in [4.69, 9.17) is 9.15 Å². The minimum absolute atomic E-state index is 0.101. The van der Waals surface area contributed by atoms with Gasteiger partial charge in [-0.15, -0.1) is 0 Å². The molecule has 1 fully saturated rings. The third-order valence-electron chi connectivity index (χ3n) is 4.67. The Bertz CT molecular complexity index is 926. The zero-order valence-electron chi connectivity index (χ0n) is 15.0. The number of rotatable bonds is 4. The number of amides is 1. The van der Waals surface area contributed by atoms with Crippen molar-refractivity contribution in [2.45, 2.75) is 25.7 Å². The minimum Gasteiger partial charge on any atom is -0.448 e. The molecule has 0 radical (unpaired) electrons. The molecule has 1 unspecified atom stereocenters. The molecule has 2 aromatic heterocycles. The highest BCUT2D eigenvalue weighted by Gasteiger charge is 2.28. The van der Waals surface area contributed by atoms with Gasteiger partial charge < -0.3 is 14.1 Å². The van der Waals surface area contributed by atoms with Gasteiger partial charge in [-0.05, 0) is 31.9 Å². The van der Waals surface area contributed by atoms with E-state index in [-0.39, 0.29) is 11.8 Å². The van der Waals surface area contributed by atoms with Crippen LogP contribution in [0.5, 0.6) is 11.6 Å². The van der Waals surface area contributed by atoms with Crippen molar-refractivity contribution in [3.05, 3.63) is 66.3 Å². The highest BCUT2D eigenvalue weighted by molar-refractivity contribution is 5.93. The van der Waals surface area contributed by atoms with Crippen LogP contribution in [0.3, 0.4) is 0 Å². The first-order valence-corrected chi connectivity index (χ1v) is 8.95. The summed E-state index contributed by atoms with van der Waals surface area (Å²) in [7, 11) is 0. The Labute approximate surface area is 157 Å². The van der Waals surface area contributed by atoms with E-state index in [0.29, 0.717) is 36.2 Å². The van der Waals surface area contributed by atoms with Crippen molar-refractivity contribution in [1.82, 2.24) is 19.9 Å². The SMILES string of the molecule is Cc1ocnc1C(=O)N1CCCC(c2cncc(Oc3ccccc3)n2)C1. The van der Waals surface area contributed by atoms with Crippen molar-refractivity contribution in [1.29, 1.82) is 0 Å². The smallest absolute Gasteiger partial charge is 0.276 e. The van der Waals surface area contributed by atoms with Crippen LogP contribution in [-0.2, 0) is 0 Å². The van der Waals surface area contributed by atoms with Gasteiger partial charge in [0.15, 0.2) is 12.1 Å². The molecule has 4 rings (SSSR count). The lowest BCUT2D eigenvalue weighted by Gasteiger charge is -2.32. The largest absolute Gasteiger partial charge is 0.448 e. The van der Waals surface area contributed by atoms with Crippen LogP contribution in [0.25, 0.3) is 0 Å². The van der Waals surface area contributed by atoms with E-state index in [2.05, 4.69) is 15.0 Å². The fourth-order valence-electron chi connectivity index (χ4n) is 3.28. The molecule has 0 aliphatic carbocycles. The molecule has 3 heterocycles. The molecule has 1 aliphatic rings. The monoisotopic (exact) mass is 364 g/mol. The fraction of sp³-hybridized carbons (Fsp3) is 0.300. The predicted molar refractivity (Wildman–Crippen MR) is 97.7 cm³/mol. The summed E-state index contributed by atoms with van der Waals surface area (Å²) in [5, 5.41) is 0. The number of aryl methyl sites for hydroxylation is 1. The highest BCUT2D eigenvalue weighted by atomic mass is 16.5.